The molecular weight excluding hydrogens is 260 g/mol. The first-order chi connectivity index (χ1) is 8.56. The number of aromatic nitrogens is 1. The third-order valence-corrected chi connectivity index (χ3v) is 3.39. The van der Waals surface area contributed by atoms with E-state index < -0.39 is 17.6 Å². The molecule has 0 amide bonds. The molecule has 18 heavy (non-hydrogen) atoms. The minimum atomic E-state index is -0.903. The van der Waals surface area contributed by atoms with Gasteiger partial charge in [-0.2, -0.15) is 0 Å². The van der Waals surface area contributed by atoms with Crippen LogP contribution >= 0.6 is 11.3 Å². The van der Waals surface area contributed by atoms with Crippen molar-refractivity contribution < 1.29 is 18.7 Å². The zero-order valence-corrected chi connectivity index (χ0v) is 10.0. The first-order valence-electron chi connectivity index (χ1n) is 5.18. The summed E-state index contributed by atoms with van der Waals surface area (Å²) in [6, 6.07) is 3.33. The summed E-state index contributed by atoms with van der Waals surface area (Å²) < 4.78 is 26.3. The second-order valence-electron chi connectivity index (χ2n) is 3.64. The fourth-order valence-electron chi connectivity index (χ4n) is 1.45. The Morgan fingerprint density at radius 3 is 2.83 bits per heavy atom. The molecule has 0 saturated heterocycles. The van der Waals surface area contributed by atoms with Crippen LogP contribution in [0.25, 0.3) is 10.4 Å². The van der Waals surface area contributed by atoms with Crippen molar-refractivity contribution in [1.82, 2.24) is 4.98 Å². The van der Waals surface area contributed by atoms with Gasteiger partial charge in [0.1, 0.15) is 11.6 Å². The smallest absolute Gasteiger partial charge is 0.303 e. The largest absolute Gasteiger partial charge is 0.481 e. The van der Waals surface area contributed by atoms with E-state index in [1.807, 2.05) is 0 Å². The highest BCUT2D eigenvalue weighted by Crippen LogP contribution is 2.29. The Hall–Kier alpha value is -1.82. The van der Waals surface area contributed by atoms with E-state index in [1.54, 1.807) is 0 Å². The molecule has 2 rings (SSSR count). The van der Waals surface area contributed by atoms with Gasteiger partial charge in [-0.05, 0) is 12.1 Å². The van der Waals surface area contributed by atoms with Crippen LogP contribution in [0.5, 0.6) is 0 Å². The lowest BCUT2D eigenvalue weighted by atomic mass is 10.2. The zero-order valence-electron chi connectivity index (χ0n) is 9.19. The maximum atomic E-state index is 13.5. The van der Waals surface area contributed by atoms with E-state index in [1.165, 1.54) is 29.7 Å². The Morgan fingerprint density at radius 2 is 2.17 bits per heavy atom. The van der Waals surface area contributed by atoms with Crippen LogP contribution in [-0.4, -0.2) is 16.1 Å². The first-order valence-corrected chi connectivity index (χ1v) is 6.00. The third kappa shape index (κ3) is 2.89. The predicted octanol–water partition coefficient (Wildman–Crippen LogP) is 3.11. The van der Waals surface area contributed by atoms with Crippen LogP contribution < -0.4 is 0 Å². The predicted molar refractivity (Wildman–Crippen MR) is 63.4 cm³/mol. The molecule has 0 saturated carbocycles. The maximum absolute atomic E-state index is 13.5. The number of nitrogens with zero attached hydrogens (tertiary/aromatic N) is 1. The van der Waals surface area contributed by atoms with Crippen molar-refractivity contribution in [2.45, 2.75) is 12.8 Å². The Kier molecular flexibility index (Phi) is 3.66. The lowest BCUT2D eigenvalue weighted by Crippen LogP contribution is -1.96. The average molecular weight is 269 g/mol. The Morgan fingerprint density at radius 1 is 1.39 bits per heavy atom. The molecule has 0 fully saturated rings. The topological polar surface area (TPSA) is 50.2 Å². The second kappa shape index (κ2) is 5.22. The number of carbonyl (C=O) groups is 1. The molecule has 1 N–H and O–H groups in total. The summed E-state index contributed by atoms with van der Waals surface area (Å²) in [5.41, 5.74) is 0.274. The van der Waals surface area contributed by atoms with Crippen LogP contribution in [0, 0.1) is 11.6 Å². The molecule has 3 nitrogen and oxygen atoms in total. The van der Waals surface area contributed by atoms with Crippen molar-refractivity contribution >= 4 is 17.3 Å². The minimum Gasteiger partial charge on any atom is -0.481 e. The van der Waals surface area contributed by atoms with Gasteiger partial charge in [0.25, 0.3) is 0 Å². The van der Waals surface area contributed by atoms with E-state index in [4.69, 9.17) is 5.11 Å². The molecule has 1 aromatic carbocycles. The molecular formula is C12H9F2NO2S. The molecule has 1 heterocycles. The molecule has 94 valence electrons. The molecule has 0 bridgehead atoms. The van der Waals surface area contributed by atoms with Crippen LogP contribution in [0.1, 0.15) is 11.4 Å². The van der Waals surface area contributed by atoms with Gasteiger partial charge in [0.05, 0.1) is 16.3 Å². The van der Waals surface area contributed by atoms with E-state index in [-0.39, 0.29) is 12.0 Å². The number of aliphatic carboxylic acids is 1. The number of hydrogen-bond acceptors (Lipinski definition) is 3. The van der Waals surface area contributed by atoms with Crippen molar-refractivity contribution in [3.05, 3.63) is 41.0 Å². The van der Waals surface area contributed by atoms with E-state index >= 15 is 0 Å². The standard InChI is InChI=1S/C12H9F2NO2S/c13-7-1-2-8(9(14)5-7)10-6-15-11(18-10)3-4-12(16)17/h1-2,5-6H,3-4H2,(H,16,17). The first kappa shape index (κ1) is 12.6. The maximum Gasteiger partial charge on any atom is 0.303 e. The highest BCUT2D eigenvalue weighted by molar-refractivity contribution is 7.15. The molecule has 0 radical (unpaired) electrons. The molecule has 0 aliphatic rings. The molecule has 1 aromatic heterocycles. The number of thiazole rings is 1. The summed E-state index contributed by atoms with van der Waals surface area (Å²) >= 11 is 1.21. The lowest BCUT2D eigenvalue weighted by molar-refractivity contribution is -0.136. The molecule has 6 heteroatoms. The van der Waals surface area contributed by atoms with Gasteiger partial charge in [-0.1, -0.05) is 0 Å². The van der Waals surface area contributed by atoms with E-state index in [0.29, 0.717) is 16.3 Å². The van der Waals surface area contributed by atoms with Crippen molar-refractivity contribution in [1.29, 1.82) is 0 Å². The van der Waals surface area contributed by atoms with Gasteiger partial charge in [0, 0.05) is 24.2 Å². The molecule has 0 spiro atoms. The van der Waals surface area contributed by atoms with Gasteiger partial charge in [-0.3, -0.25) is 4.79 Å². The molecule has 0 aliphatic heterocycles. The van der Waals surface area contributed by atoms with Crippen molar-refractivity contribution in [2.75, 3.05) is 0 Å². The van der Waals surface area contributed by atoms with Gasteiger partial charge in [0.2, 0.25) is 0 Å². The summed E-state index contributed by atoms with van der Waals surface area (Å²) in [6.07, 6.45) is 1.76. The van der Waals surface area contributed by atoms with Gasteiger partial charge in [-0.25, -0.2) is 13.8 Å². The minimum absolute atomic E-state index is 0.0150. The van der Waals surface area contributed by atoms with Crippen LogP contribution in [0.4, 0.5) is 8.78 Å². The normalized spacial score (nSPS) is 10.6. The number of hydrogen-bond donors (Lipinski definition) is 1. The van der Waals surface area contributed by atoms with Gasteiger partial charge in [-0.15, -0.1) is 11.3 Å². The van der Waals surface area contributed by atoms with Crippen molar-refractivity contribution in [2.24, 2.45) is 0 Å². The molecule has 2 aromatic rings. The SMILES string of the molecule is O=C(O)CCc1ncc(-c2ccc(F)cc2F)s1. The van der Waals surface area contributed by atoms with E-state index in [0.717, 1.165) is 6.07 Å². The summed E-state index contributed by atoms with van der Waals surface area (Å²) in [5, 5.41) is 9.17. The monoisotopic (exact) mass is 269 g/mol. The van der Waals surface area contributed by atoms with Gasteiger partial charge >= 0.3 is 5.97 Å². The highest BCUT2D eigenvalue weighted by Gasteiger charge is 2.10. The van der Waals surface area contributed by atoms with Crippen LogP contribution in [0.2, 0.25) is 0 Å². The highest BCUT2D eigenvalue weighted by atomic mass is 32.1. The zero-order chi connectivity index (χ0) is 13.1. The van der Waals surface area contributed by atoms with Crippen molar-refractivity contribution in [3.8, 4) is 10.4 Å². The molecule has 0 aliphatic carbocycles. The van der Waals surface area contributed by atoms with Gasteiger partial charge < -0.3 is 5.11 Å². The number of carboxylic acid groups (broad SMARTS) is 1. The van der Waals surface area contributed by atoms with Crippen LogP contribution in [0.15, 0.2) is 24.4 Å². The van der Waals surface area contributed by atoms with Crippen LogP contribution in [-0.2, 0) is 11.2 Å². The lowest BCUT2D eigenvalue weighted by Gasteiger charge is -1.98. The van der Waals surface area contributed by atoms with Gasteiger partial charge in [0.15, 0.2) is 0 Å². The van der Waals surface area contributed by atoms with E-state index in [9.17, 15) is 13.6 Å². The summed E-state index contributed by atoms with van der Waals surface area (Å²) in [4.78, 5) is 15.0. The average Bonchev–Trinajstić information content (AvgIpc) is 2.75. The van der Waals surface area contributed by atoms with E-state index in [2.05, 4.69) is 4.98 Å². The molecule has 0 unspecified atom stereocenters. The Labute approximate surface area is 106 Å². The van der Waals surface area contributed by atoms with Crippen LogP contribution in [0.3, 0.4) is 0 Å². The number of benzene rings is 1. The summed E-state index contributed by atoms with van der Waals surface area (Å²) in [6.45, 7) is 0. The number of halogens is 2. The summed E-state index contributed by atoms with van der Waals surface area (Å²) in [5.74, 6) is -2.19. The third-order valence-electron chi connectivity index (χ3n) is 2.30. The Bertz CT molecular complexity index is 583. The summed E-state index contributed by atoms with van der Waals surface area (Å²) in [7, 11) is 0. The molecule has 0 atom stereocenters. The fraction of sp³-hybridized carbons (Fsp3) is 0.167. The number of carboxylic acids is 1. The fourth-order valence-corrected chi connectivity index (χ4v) is 2.40. The number of aryl methyl sites for hydroxylation is 1. The van der Waals surface area contributed by atoms with Crippen molar-refractivity contribution in [3.63, 3.8) is 0 Å². The Balaban J connectivity index is 2.21. The number of rotatable bonds is 4. The quantitative estimate of drug-likeness (QED) is 0.927. The second-order valence-corrected chi connectivity index (χ2v) is 4.75.